The average Bonchev–Trinajstić information content (AvgIpc) is 2.92. The van der Waals surface area contributed by atoms with Gasteiger partial charge in [-0.05, 0) is 67.1 Å². The molecule has 3 aromatic carbocycles. The fourth-order valence-electron chi connectivity index (χ4n) is 5.69. The summed E-state index contributed by atoms with van der Waals surface area (Å²) in [7, 11) is 0. The van der Waals surface area contributed by atoms with Crippen molar-refractivity contribution in [3.05, 3.63) is 105 Å². The van der Waals surface area contributed by atoms with Crippen molar-refractivity contribution < 1.29 is 23.9 Å². The molecule has 0 saturated heterocycles. The van der Waals surface area contributed by atoms with Crippen LogP contribution in [0.15, 0.2) is 66.7 Å². The lowest BCUT2D eigenvalue weighted by Crippen LogP contribution is -2.52. The van der Waals surface area contributed by atoms with Gasteiger partial charge in [0.2, 0.25) is 5.91 Å². The van der Waals surface area contributed by atoms with E-state index in [1.807, 2.05) is 0 Å². The number of hydrogen-bond donors (Lipinski definition) is 2. The van der Waals surface area contributed by atoms with Crippen LogP contribution in [0.25, 0.3) is 0 Å². The van der Waals surface area contributed by atoms with Crippen LogP contribution in [-0.2, 0) is 4.79 Å². The lowest BCUT2D eigenvalue weighted by atomic mass is 9.77. The molecule has 9 heteroatoms. The lowest BCUT2D eigenvalue weighted by Gasteiger charge is -2.47. The zero-order valence-corrected chi connectivity index (χ0v) is 22.5. The predicted octanol–water partition coefficient (Wildman–Crippen LogP) is 5.72. The molecule has 1 saturated carbocycles. The van der Waals surface area contributed by atoms with Gasteiger partial charge in [-0.1, -0.05) is 59.6 Å². The number of benzene rings is 3. The number of nitrogens with zero attached hydrogens (tertiary/aromatic N) is 1. The van der Waals surface area contributed by atoms with E-state index in [2.05, 4.69) is 5.32 Å². The number of hydrogen-bond acceptors (Lipinski definition) is 4. The number of Topliss-reactive ketones (excluding diaryl/α,β-unsaturated/α-hetero) is 1. The van der Waals surface area contributed by atoms with Crippen LogP contribution in [0, 0.1) is 5.82 Å². The van der Waals surface area contributed by atoms with E-state index < -0.39 is 35.6 Å². The van der Waals surface area contributed by atoms with Crippen molar-refractivity contribution in [1.82, 2.24) is 10.2 Å². The third kappa shape index (κ3) is 5.57. The van der Waals surface area contributed by atoms with Crippen LogP contribution in [0.1, 0.15) is 69.5 Å². The molecule has 1 heterocycles. The Labute approximate surface area is 235 Å². The fourth-order valence-corrected chi connectivity index (χ4v) is 6.21. The first-order valence-corrected chi connectivity index (χ1v) is 13.6. The van der Waals surface area contributed by atoms with Gasteiger partial charge in [0.05, 0.1) is 24.6 Å². The minimum Gasteiger partial charge on any atom is -0.393 e. The summed E-state index contributed by atoms with van der Waals surface area (Å²) >= 11 is 12.9. The number of aliphatic hydroxyl groups is 1. The Morgan fingerprint density at radius 2 is 1.69 bits per heavy atom. The van der Waals surface area contributed by atoms with E-state index in [9.17, 15) is 23.9 Å². The SMILES string of the molecule is O=C(CNC(=O)[C@@H]1c2ccccc2C(=O)N(C2CCC(O)CC2)[C@H]1c1ccc(Cl)cc1Cl)c1cccc(F)c1. The maximum absolute atomic E-state index is 14.0. The van der Waals surface area contributed by atoms with E-state index in [0.717, 1.165) is 6.07 Å². The van der Waals surface area contributed by atoms with E-state index in [0.29, 0.717) is 52.4 Å². The van der Waals surface area contributed by atoms with Crippen molar-refractivity contribution >= 4 is 40.8 Å². The molecule has 3 aromatic rings. The molecule has 1 aliphatic heterocycles. The van der Waals surface area contributed by atoms with Crippen LogP contribution in [-0.4, -0.2) is 46.3 Å². The quantitative estimate of drug-likeness (QED) is 0.372. The van der Waals surface area contributed by atoms with Gasteiger partial charge in [0, 0.05) is 27.2 Å². The Hall–Kier alpha value is -3.26. The number of rotatable bonds is 6. The zero-order valence-electron chi connectivity index (χ0n) is 20.9. The standard InChI is InChI=1S/C30H27Cl2FN2O4/c31-18-8-13-24(25(32)15-18)28-27(29(38)34-16-26(37)17-4-3-5-19(33)14-17)22-6-1-2-7-23(22)30(39)35(28)20-9-11-21(36)12-10-20/h1-8,13-15,20-21,27-28,36H,9-12,16H2,(H,34,38)/t20?,21?,27-,28+/m1/s1. The molecule has 2 N–H and O–H groups in total. The Balaban J connectivity index is 1.56. The first-order valence-electron chi connectivity index (χ1n) is 12.9. The Kier molecular flexibility index (Phi) is 8.03. The number of carbonyl (C=O) groups excluding carboxylic acids is 3. The third-order valence-corrected chi connectivity index (χ3v) is 8.13. The van der Waals surface area contributed by atoms with Crippen molar-refractivity contribution in [3.63, 3.8) is 0 Å². The smallest absolute Gasteiger partial charge is 0.254 e. The molecule has 0 radical (unpaired) electrons. The lowest BCUT2D eigenvalue weighted by molar-refractivity contribution is -0.124. The molecule has 1 fully saturated rings. The summed E-state index contributed by atoms with van der Waals surface area (Å²) in [5.74, 6) is -2.55. The Bertz CT molecular complexity index is 1420. The van der Waals surface area contributed by atoms with Crippen molar-refractivity contribution in [2.45, 2.75) is 49.8 Å². The number of carbonyl (C=O) groups is 3. The number of fused-ring (bicyclic) bond motifs is 1. The number of ketones is 1. The van der Waals surface area contributed by atoms with Crippen molar-refractivity contribution in [1.29, 1.82) is 0 Å². The van der Waals surface area contributed by atoms with E-state index in [1.54, 1.807) is 47.4 Å². The molecule has 202 valence electrons. The van der Waals surface area contributed by atoms with Crippen LogP contribution in [0.4, 0.5) is 4.39 Å². The number of nitrogens with one attached hydrogen (secondary N) is 1. The molecule has 39 heavy (non-hydrogen) atoms. The van der Waals surface area contributed by atoms with Crippen LogP contribution in [0.3, 0.4) is 0 Å². The maximum Gasteiger partial charge on any atom is 0.254 e. The fraction of sp³-hybridized carbons (Fsp3) is 0.300. The van der Waals surface area contributed by atoms with Gasteiger partial charge in [-0.15, -0.1) is 0 Å². The summed E-state index contributed by atoms with van der Waals surface area (Å²) in [6, 6.07) is 16.2. The van der Waals surface area contributed by atoms with Gasteiger partial charge in [-0.2, -0.15) is 0 Å². The molecule has 5 rings (SSSR count). The van der Waals surface area contributed by atoms with Gasteiger partial charge in [0.15, 0.2) is 5.78 Å². The zero-order chi connectivity index (χ0) is 27.7. The van der Waals surface area contributed by atoms with E-state index in [1.165, 1.54) is 18.2 Å². The highest BCUT2D eigenvalue weighted by atomic mass is 35.5. The second kappa shape index (κ2) is 11.5. The van der Waals surface area contributed by atoms with Crippen molar-refractivity contribution in [2.24, 2.45) is 0 Å². The summed E-state index contributed by atoms with van der Waals surface area (Å²) in [5.41, 5.74) is 1.64. The van der Waals surface area contributed by atoms with Crippen LogP contribution < -0.4 is 5.32 Å². The average molecular weight is 569 g/mol. The van der Waals surface area contributed by atoms with Crippen molar-refractivity contribution in [3.8, 4) is 0 Å². The molecule has 0 spiro atoms. The minimum absolute atomic E-state index is 0.147. The highest BCUT2D eigenvalue weighted by molar-refractivity contribution is 6.35. The molecule has 2 amide bonds. The van der Waals surface area contributed by atoms with Crippen LogP contribution >= 0.6 is 23.2 Å². The first-order chi connectivity index (χ1) is 18.7. The molecule has 2 atom stereocenters. The normalized spacial score (nSPS) is 22.8. The number of amides is 2. The summed E-state index contributed by atoms with van der Waals surface area (Å²) in [6.45, 7) is -0.342. The van der Waals surface area contributed by atoms with Gasteiger partial charge in [-0.3, -0.25) is 14.4 Å². The highest BCUT2D eigenvalue weighted by Crippen LogP contribution is 2.47. The molecule has 0 bridgehead atoms. The summed E-state index contributed by atoms with van der Waals surface area (Å²) in [6.07, 6.45) is 1.79. The second-order valence-corrected chi connectivity index (χ2v) is 10.8. The highest BCUT2D eigenvalue weighted by Gasteiger charge is 2.47. The number of aliphatic hydroxyl groups excluding tert-OH is 1. The Morgan fingerprint density at radius 1 is 0.949 bits per heavy atom. The maximum atomic E-state index is 14.0. The third-order valence-electron chi connectivity index (χ3n) is 7.57. The number of halogens is 3. The largest absolute Gasteiger partial charge is 0.393 e. The minimum atomic E-state index is -0.885. The van der Waals surface area contributed by atoms with Gasteiger partial charge in [-0.25, -0.2) is 4.39 Å². The molecular weight excluding hydrogens is 542 g/mol. The van der Waals surface area contributed by atoms with Gasteiger partial charge in [0.1, 0.15) is 5.82 Å². The van der Waals surface area contributed by atoms with Gasteiger partial charge < -0.3 is 15.3 Å². The summed E-state index contributed by atoms with van der Waals surface area (Å²) in [5, 5.41) is 13.6. The topological polar surface area (TPSA) is 86.7 Å². The Morgan fingerprint density at radius 3 is 2.41 bits per heavy atom. The first kappa shape index (κ1) is 27.3. The molecule has 0 unspecified atom stereocenters. The van der Waals surface area contributed by atoms with Gasteiger partial charge >= 0.3 is 0 Å². The second-order valence-electron chi connectivity index (χ2n) is 10.0. The van der Waals surface area contributed by atoms with Crippen molar-refractivity contribution in [2.75, 3.05) is 6.54 Å². The molecular formula is C30H27Cl2FN2O4. The summed E-state index contributed by atoms with van der Waals surface area (Å²) < 4.78 is 13.7. The monoisotopic (exact) mass is 568 g/mol. The molecule has 0 aromatic heterocycles. The molecule has 6 nitrogen and oxygen atoms in total. The van der Waals surface area contributed by atoms with E-state index in [-0.39, 0.29) is 24.1 Å². The van der Waals surface area contributed by atoms with E-state index in [4.69, 9.17) is 23.2 Å². The van der Waals surface area contributed by atoms with Crippen LogP contribution in [0.2, 0.25) is 10.0 Å². The molecule has 2 aliphatic rings. The van der Waals surface area contributed by atoms with Crippen LogP contribution in [0.5, 0.6) is 0 Å². The molecule has 1 aliphatic carbocycles. The van der Waals surface area contributed by atoms with E-state index >= 15 is 0 Å². The summed E-state index contributed by atoms with van der Waals surface area (Å²) in [4.78, 5) is 42.4. The van der Waals surface area contributed by atoms with Gasteiger partial charge in [0.25, 0.3) is 5.91 Å². The predicted molar refractivity (Wildman–Crippen MR) is 147 cm³/mol.